The largest absolute Gasteiger partial charge is 0.312 e. The van der Waals surface area contributed by atoms with Crippen LogP contribution >= 0.6 is 38.9 Å². The van der Waals surface area contributed by atoms with E-state index in [0.717, 1.165) is 21.7 Å². The maximum Gasteiger partial charge on any atom is 0.0887 e. The Morgan fingerprint density at radius 3 is 2.42 bits per heavy atom. The molecule has 1 aliphatic carbocycles. The molecular formula is C15H15BrClNS. The van der Waals surface area contributed by atoms with Gasteiger partial charge < -0.3 is 5.32 Å². The molecule has 1 nitrogen and oxygen atoms in total. The predicted octanol–water partition coefficient (Wildman–Crippen LogP) is 4.84. The zero-order chi connectivity index (χ0) is 13.4. The lowest BCUT2D eigenvalue weighted by molar-refractivity contribution is 0.402. The summed E-state index contributed by atoms with van der Waals surface area (Å²) in [6.07, 6.45) is 2.30. The summed E-state index contributed by atoms with van der Waals surface area (Å²) in [6, 6.07) is 11.2. The topological polar surface area (TPSA) is 12.0 Å². The summed E-state index contributed by atoms with van der Waals surface area (Å²) in [7, 11) is 2.04. The molecule has 1 unspecified atom stereocenters. The Morgan fingerprint density at radius 2 is 1.95 bits per heavy atom. The summed E-state index contributed by atoms with van der Waals surface area (Å²) in [5, 5.41) is 4.28. The van der Waals surface area contributed by atoms with E-state index in [2.05, 4.69) is 51.6 Å². The summed E-state index contributed by atoms with van der Waals surface area (Å²) in [6.45, 7) is 0. The Kier molecular flexibility index (Phi) is 3.99. The number of thiophene rings is 1. The van der Waals surface area contributed by atoms with E-state index >= 15 is 0 Å². The van der Waals surface area contributed by atoms with Crippen LogP contribution in [0.2, 0.25) is 5.02 Å². The van der Waals surface area contributed by atoms with Gasteiger partial charge in [-0.25, -0.2) is 0 Å². The molecule has 1 aliphatic rings. The van der Waals surface area contributed by atoms with E-state index in [-0.39, 0.29) is 0 Å². The van der Waals surface area contributed by atoms with E-state index in [4.69, 9.17) is 11.6 Å². The van der Waals surface area contributed by atoms with Gasteiger partial charge in [0.25, 0.3) is 0 Å². The molecule has 0 spiro atoms. The van der Waals surface area contributed by atoms with Crippen LogP contribution in [0.1, 0.15) is 22.0 Å². The van der Waals surface area contributed by atoms with Crippen molar-refractivity contribution in [2.24, 2.45) is 5.92 Å². The van der Waals surface area contributed by atoms with Crippen molar-refractivity contribution >= 4 is 38.9 Å². The number of hydrogen-bond acceptors (Lipinski definition) is 2. The van der Waals surface area contributed by atoms with Gasteiger partial charge in [0.1, 0.15) is 0 Å². The number of nitrogens with one attached hydrogen (secondary N) is 1. The molecule has 0 aliphatic heterocycles. The lowest BCUT2D eigenvalue weighted by Gasteiger charge is -2.21. The third-order valence-electron chi connectivity index (χ3n) is 3.84. The lowest BCUT2D eigenvalue weighted by atomic mass is 9.95. The summed E-state index contributed by atoms with van der Waals surface area (Å²) in [5.74, 6) is 0.615. The van der Waals surface area contributed by atoms with Crippen LogP contribution in [0, 0.1) is 5.92 Å². The molecular weight excluding hydrogens is 342 g/mol. The fourth-order valence-electron chi connectivity index (χ4n) is 2.96. The summed E-state index contributed by atoms with van der Waals surface area (Å²) in [5.41, 5.74) is 2.99. The van der Waals surface area contributed by atoms with Crippen LogP contribution in [0.15, 0.2) is 34.1 Å². The van der Waals surface area contributed by atoms with E-state index in [9.17, 15) is 0 Å². The Morgan fingerprint density at radius 1 is 1.32 bits per heavy atom. The third-order valence-corrected chi connectivity index (χ3v) is 6.39. The van der Waals surface area contributed by atoms with E-state index in [0.29, 0.717) is 12.0 Å². The fraction of sp³-hybridized carbons (Fsp3) is 0.333. The smallest absolute Gasteiger partial charge is 0.0887 e. The molecule has 1 heterocycles. The molecule has 0 amide bonds. The Balaban J connectivity index is 1.85. The highest BCUT2D eigenvalue weighted by Crippen LogP contribution is 2.41. The highest BCUT2D eigenvalue weighted by atomic mass is 79.9. The van der Waals surface area contributed by atoms with Crippen LogP contribution in [0.25, 0.3) is 0 Å². The van der Waals surface area contributed by atoms with Crippen LogP contribution in [0.4, 0.5) is 0 Å². The van der Waals surface area contributed by atoms with Crippen LogP contribution in [0.3, 0.4) is 0 Å². The van der Waals surface area contributed by atoms with Crippen molar-refractivity contribution in [2.75, 3.05) is 7.05 Å². The van der Waals surface area contributed by atoms with E-state index in [1.807, 2.05) is 7.05 Å². The van der Waals surface area contributed by atoms with Crippen molar-refractivity contribution in [3.8, 4) is 0 Å². The normalized spacial score (nSPS) is 16.6. The summed E-state index contributed by atoms with van der Waals surface area (Å²) >= 11 is 11.4. The van der Waals surface area contributed by atoms with Gasteiger partial charge in [-0.3, -0.25) is 0 Å². The van der Waals surface area contributed by atoms with Crippen LogP contribution in [0.5, 0.6) is 0 Å². The monoisotopic (exact) mass is 355 g/mol. The molecule has 1 atom stereocenters. The molecule has 19 heavy (non-hydrogen) atoms. The summed E-state index contributed by atoms with van der Waals surface area (Å²) < 4.78 is 1.03. The minimum absolute atomic E-state index is 0.376. The molecule has 1 N–H and O–H groups in total. The van der Waals surface area contributed by atoms with Gasteiger partial charge in [-0.15, -0.1) is 11.3 Å². The average Bonchev–Trinajstić information content (AvgIpc) is 2.95. The van der Waals surface area contributed by atoms with Gasteiger partial charge in [0.2, 0.25) is 0 Å². The highest BCUT2D eigenvalue weighted by molar-refractivity contribution is 9.11. The molecule has 0 saturated heterocycles. The molecule has 0 radical (unpaired) electrons. The second-order valence-electron chi connectivity index (χ2n) is 4.97. The van der Waals surface area contributed by atoms with Crippen LogP contribution in [-0.4, -0.2) is 7.05 Å². The first-order valence-electron chi connectivity index (χ1n) is 6.38. The Labute approximate surface area is 131 Å². The van der Waals surface area contributed by atoms with Gasteiger partial charge in [0.15, 0.2) is 0 Å². The van der Waals surface area contributed by atoms with Crippen LogP contribution in [-0.2, 0) is 12.8 Å². The number of halogens is 2. The van der Waals surface area contributed by atoms with E-state index < -0.39 is 0 Å². The lowest BCUT2D eigenvalue weighted by Crippen LogP contribution is -2.24. The minimum Gasteiger partial charge on any atom is -0.312 e. The number of rotatable bonds is 3. The molecule has 1 aromatic heterocycles. The molecule has 2 aromatic rings. The highest BCUT2D eigenvalue weighted by Gasteiger charge is 2.29. The predicted molar refractivity (Wildman–Crippen MR) is 86.2 cm³/mol. The third kappa shape index (κ3) is 2.62. The minimum atomic E-state index is 0.376. The maximum absolute atomic E-state index is 6.16. The second-order valence-corrected chi connectivity index (χ2v) is 7.78. The first-order valence-corrected chi connectivity index (χ1v) is 8.36. The van der Waals surface area contributed by atoms with Gasteiger partial charge in [-0.1, -0.05) is 35.9 Å². The zero-order valence-electron chi connectivity index (χ0n) is 10.6. The molecule has 100 valence electrons. The van der Waals surface area contributed by atoms with Crippen LogP contribution < -0.4 is 5.32 Å². The average molecular weight is 357 g/mol. The Bertz CT molecular complexity index is 551. The van der Waals surface area contributed by atoms with Gasteiger partial charge in [-0.05, 0) is 58.9 Å². The standard InChI is InChI=1S/C15H15BrClNS/c1-18-14(13-8-12(17)15(16)19-13)11-6-9-4-2-3-5-10(9)7-11/h2-5,8,11,14,18H,6-7H2,1H3. The van der Waals surface area contributed by atoms with E-state index in [1.54, 1.807) is 11.3 Å². The maximum atomic E-state index is 6.16. The number of fused-ring (bicyclic) bond motifs is 1. The second kappa shape index (κ2) is 5.57. The van der Waals surface area contributed by atoms with Gasteiger partial charge >= 0.3 is 0 Å². The van der Waals surface area contributed by atoms with Crippen molar-refractivity contribution in [3.05, 3.63) is 55.1 Å². The fourth-order valence-corrected chi connectivity index (χ4v) is 4.91. The number of benzene rings is 1. The van der Waals surface area contributed by atoms with Crippen molar-refractivity contribution in [2.45, 2.75) is 18.9 Å². The van der Waals surface area contributed by atoms with Crippen molar-refractivity contribution in [1.82, 2.24) is 5.32 Å². The first-order chi connectivity index (χ1) is 9.19. The molecule has 0 bridgehead atoms. The molecule has 3 rings (SSSR count). The number of hydrogen-bond donors (Lipinski definition) is 1. The van der Waals surface area contributed by atoms with Crippen molar-refractivity contribution < 1.29 is 0 Å². The SMILES string of the molecule is CNC(c1cc(Cl)c(Br)s1)C1Cc2ccccc2C1. The van der Waals surface area contributed by atoms with Gasteiger partial charge in [0, 0.05) is 10.9 Å². The molecule has 4 heteroatoms. The Hall–Kier alpha value is -0.350. The first kappa shape index (κ1) is 13.6. The van der Waals surface area contributed by atoms with Gasteiger partial charge in [0.05, 0.1) is 8.81 Å². The van der Waals surface area contributed by atoms with Crippen molar-refractivity contribution in [3.63, 3.8) is 0 Å². The van der Waals surface area contributed by atoms with E-state index in [1.165, 1.54) is 16.0 Å². The van der Waals surface area contributed by atoms with Crippen molar-refractivity contribution in [1.29, 1.82) is 0 Å². The summed E-state index contributed by atoms with van der Waals surface area (Å²) in [4.78, 5) is 1.32. The molecule has 1 aromatic carbocycles. The molecule has 0 saturated carbocycles. The molecule has 0 fully saturated rings. The zero-order valence-corrected chi connectivity index (χ0v) is 13.8. The van der Waals surface area contributed by atoms with Gasteiger partial charge in [-0.2, -0.15) is 0 Å². The quantitative estimate of drug-likeness (QED) is 0.830.